The molecule has 3 nitrogen and oxygen atoms in total. The second-order valence-electron chi connectivity index (χ2n) is 5.92. The summed E-state index contributed by atoms with van der Waals surface area (Å²) in [6.45, 7) is 6.40. The molecule has 1 aliphatic rings. The molecule has 0 spiro atoms. The lowest BCUT2D eigenvalue weighted by Gasteiger charge is -2.16. The summed E-state index contributed by atoms with van der Waals surface area (Å²) in [6, 6.07) is 7.03. The third-order valence-electron chi connectivity index (χ3n) is 4.35. The van der Waals surface area contributed by atoms with Gasteiger partial charge in [0.05, 0.1) is 11.4 Å². The Balaban J connectivity index is 1.98. The molecule has 0 bridgehead atoms. The van der Waals surface area contributed by atoms with Gasteiger partial charge in [-0.2, -0.15) is 0 Å². The highest BCUT2D eigenvalue weighted by Crippen LogP contribution is 2.26. The number of rotatable bonds is 3. The van der Waals surface area contributed by atoms with E-state index < -0.39 is 0 Å². The predicted octanol–water partition coefficient (Wildman–Crippen LogP) is 4.15. The zero-order chi connectivity index (χ0) is 14.1. The third kappa shape index (κ3) is 2.45. The molecule has 20 heavy (non-hydrogen) atoms. The van der Waals surface area contributed by atoms with Gasteiger partial charge in [0, 0.05) is 12.2 Å². The third-order valence-corrected chi connectivity index (χ3v) is 4.35. The number of hydrogen-bond donors (Lipinski definition) is 1. The monoisotopic (exact) mass is 269 g/mol. The first-order valence-electron chi connectivity index (χ1n) is 7.54. The summed E-state index contributed by atoms with van der Waals surface area (Å²) in [5, 5.41) is 3.63. The molecule has 0 saturated heterocycles. The van der Waals surface area contributed by atoms with Crippen LogP contribution in [0.2, 0.25) is 0 Å². The largest absolute Gasteiger partial charge is 0.353 e. The molecule has 1 aliphatic carbocycles. The van der Waals surface area contributed by atoms with Crippen molar-refractivity contribution < 1.29 is 0 Å². The van der Waals surface area contributed by atoms with E-state index in [4.69, 9.17) is 0 Å². The predicted molar refractivity (Wildman–Crippen MR) is 83.7 cm³/mol. The van der Waals surface area contributed by atoms with Gasteiger partial charge in [-0.1, -0.05) is 25.0 Å². The van der Waals surface area contributed by atoms with Crippen molar-refractivity contribution in [2.75, 3.05) is 5.32 Å². The zero-order valence-electron chi connectivity index (χ0n) is 12.6. The molecule has 2 aromatic rings. The Hall–Kier alpha value is -1.77. The average molecular weight is 269 g/mol. The number of imidazole rings is 1. The SMILES string of the molecule is Cc1cn(-c2cccc(C)c2C)c(NC2CCCC2)n1. The summed E-state index contributed by atoms with van der Waals surface area (Å²) >= 11 is 0. The van der Waals surface area contributed by atoms with Crippen LogP contribution in [0.15, 0.2) is 24.4 Å². The molecule has 3 rings (SSSR count). The van der Waals surface area contributed by atoms with Gasteiger partial charge in [-0.3, -0.25) is 4.57 Å². The van der Waals surface area contributed by atoms with Crippen LogP contribution in [-0.4, -0.2) is 15.6 Å². The van der Waals surface area contributed by atoms with Gasteiger partial charge < -0.3 is 5.32 Å². The normalized spacial score (nSPS) is 15.8. The molecule has 106 valence electrons. The lowest BCUT2D eigenvalue weighted by Crippen LogP contribution is -2.18. The number of hydrogen-bond acceptors (Lipinski definition) is 2. The van der Waals surface area contributed by atoms with Crippen LogP contribution in [0.1, 0.15) is 42.5 Å². The summed E-state index contributed by atoms with van der Waals surface area (Å²) in [5.41, 5.74) is 4.93. The van der Waals surface area contributed by atoms with E-state index in [9.17, 15) is 0 Å². The Morgan fingerprint density at radius 2 is 1.90 bits per heavy atom. The maximum atomic E-state index is 4.67. The summed E-state index contributed by atoms with van der Waals surface area (Å²) in [4.78, 5) is 4.67. The summed E-state index contributed by atoms with van der Waals surface area (Å²) in [5.74, 6) is 0.989. The van der Waals surface area contributed by atoms with E-state index in [1.165, 1.54) is 42.5 Å². The highest BCUT2D eigenvalue weighted by Gasteiger charge is 2.18. The molecule has 1 aromatic carbocycles. The second kappa shape index (κ2) is 5.31. The van der Waals surface area contributed by atoms with E-state index in [0.29, 0.717) is 6.04 Å². The fourth-order valence-electron chi connectivity index (χ4n) is 3.03. The topological polar surface area (TPSA) is 29.9 Å². The number of anilines is 1. The molecule has 1 saturated carbocycles. The molecular weight excluding hydrogens is 246 g/mol. The van der Waals surface area contributed by atoms with E-state index >= 15 is 0 Å². The molecule has 0 atom stereocenters. The molecular formula is C17H23N3. The van der Waals surface area contributed by atoms with Crippen molar-refractivity contribution in [3.8, 4) is 5.69 Å². The molecule has 3 heteroatoms. The van der Waals surface area contributed by atoms with Gasteiger partial charge in [-0.05, 0) is 50.8 Å². The van der Waals surface area contributed by atoms with Crippen LogP contribution in [0.5, 0.6) is 0 Å². The van der Waals surface area contributed by atoms with Crippen molar-refractivity contribution in [3.05, 3.63) is 41.2 Å². The molecule has 1 fully saturated rings. The molecule has 1 heterocycles. The molecule has 0 amide bonds. The van der Waals surface area contributed by atoms with Gasteiger partial charge in [0.15, 0.2) is 0 Å². The minimum Gasteiger partial charge on any atom is -0.353 e. The Labute approximate surface area is 121 Å². The lowest BCUT2D eigenvalue weighted by atomic mass is 10.1. The quantitative estimate of drug-likeness (QED) is 0.907. The minimum atomic E-state index is 0.584. The van der Waals surface area contributed by atoms with Crippen LogP contribution in [0, 0.1) is 20.8 Å². The first kappa shape index (κ1) is 13.2. The Bertz CT molecular complexity index is 607. The number of aryl methyl sites for hydroxylation is 2. The van der Waals surface area contributed by atoms with Gasteiger partial charge >= 0.3 is 0 Å². The summed E-state index contributed by atoms with van der Waals surface area (Å²) < 4.78 is 2.20. The van der Waals surface area contributed by atoms with Crippen molar-refractivity contribution >= 4 is 5.95 Å². The van der Waals surface area contributed by atoms with Crippen molar-refractivity contribution in [1.82, 2.24) is 9.55 Å². The molecule has 1 aromatic heterocycles. The molecule has 0 aliphatic heterocycles. The van der Waals surface area contributed by atoms with Crippen LogP contribution in [0.4, 0.5) is 5.95 Å². The molecule has 0 radical (unpaired) electrons. The first-order chi connectivity index (χ1) is 9.65. The van der Waals surface area contributed by atoms with E-state index in [0.717, 1.165) is 11.6 Å². The van der Waals surface area contributed by atoms with Gasteiger partial charge in [0.2, 0.25) is 5.95 Å². The highest BCUT2D eigenvalue weighted by atomic mass is 15.2. The van der Waals surface area contributed by atoms with Crippen LogP contribution in [-0.2, 0) is 0 Å². The van der Waals surface area contributed by atoms with E-state index in [1.807, 2.05) is 0 Å². The second-order valence-corrected chi connectivity index (χ2v) is 5.92. The maximum Gasteiger partial charge on any atom is 0.207 e. The summed E-state index contributed by atoms with van der Waals surface area (Å²) in [6.07, 6.45) is 7.32. The van der Waals surface area contributed by atoms with Crippen LogP contribution in [0.3, 0.4) is 0 Å². The van der Waals surface area contributed by atoms with Crippen molar-refractivity contribution in [2.24, 2.45) is 0 Å². The van der Waals surface area contributed by atoms with Crippen LogP contribution < -0.4 is 5.32 Å². The number of nitrogens with zero attached hydrogens (tertiary/aromatic N) is 2. The van der Waals surface area contributed by atoms with Gasteiger partial charge in [-0.15, -0.1) is 0 Å². The zero-order valence-corrected chi connectivity index (χ0v) is 12.6. The van der Waals surface area contributed by atoms with E-state index in [2.05, 4.69) is 60.0 Å². The number of nitrogens with one attached hydrogen (secondary N) is 1. The molecule has 0 unspecified atom stereocenters. The van der Waals surface area contributed by atoms with Gasteiger partial charge in [0.25, 0.3) is 0 Å². The van der Waals surface area contributed by atoms with Crippen LogP contribution >= 0.6 is 0 Å². The van der Waals surface area contributed by atoms with E-state index in [-0.39, 0.29) is 0 Å². The first-order valence-corrected chi connectivity index (χ1v) is 7.54. The Morgan fingerprint density at radius 3 is 2.65 bits per heavy atom. The van der Waals surface area contributed by atoms with Gasteiger partial charge in [0.1, 0.15) is 0 Å². The minimum absolute atomic E-state index is 0.584. The highest BCUT2D eigenvalue weighted by molar-refractivity contribution is 5.50. The Morgan fingerprint density at radius 1 is 1.15 bits per heavy atom. The average Bonchev–Trinajstić information content (AvgIpc) is 3.03. The van der Waals surface area contributed by atoms with Crippen LogP contribution in [0.25, 0.3) is 5.69 Å². The number of benzene rings is 1. The van der Waals surface area contributed by atoms with E-state index in [1.54, 1.807) is 0 Å². The lowest BCUT2D eigenvalue weighted by molar-refractivity contribution is 0.740. The fourth-order valence-corrected chi connectivity index (χ4v) is 3.03. The smallest absolute Gasteiger partial charge is 0.207 e. The Kier molecular flexibility index (Phi) is 3.51. The van der Waals surface area contributed by atoms with Crippen molar-refractivity contribution in [1.29, 1.82) is 0 Å². The van der Waals surface area contributed by atoms with Gasteiger partial charge in [-0.25, -0.2) is 4.98 Å². The number of aromatic nitrogens is 2. The van der Waals surface area contributed by atoms with Crippen molar-refractivity contribution in [3.63, 3.8) is 0 Å². The fraction of sp³-hybridized carbons (Fsp3) is 0.471. The summed E-state index contributed by atoms with van der Waals surface area (Å²) in [7, 11) is 0. The standard InChI is InChI=1S/C17H23N3/c1-12-7-6-10-16(14(12)3)20-11-13(2)18-17(20)19-15-8-4-5-9-15/h6-7,10-11,15H,4-5,8-9H2,1-3H3,(H,18,19). The maximum absolute atomic E-state index is 4.67. The molecule has 1 N–H and O–H groups in total. The van der Waals surface area contributed by atoms with Crippen molar-refractivity contribution in [2.45, 2.75) is 52.5 Å².